The number of imide groups is 1. The molecule has 226 valence electrons. The Balaban J connectivity index is 1.45. The first-order valence-corrected chi connectivity index (χ1v) is 13.2. The molecule has 3 saturated heterocycles. The van der Waals surface area contributed by atoms with Crippen LogP contribution in [0.15, 0.2) is 48.5 Å². The number of nitrogens with zero attached hydrogens (tertiary/aromatic N) is 2. The SMILES string of the molecule is C[C@@H](OC[C@@]1(c2ccccc2)CC[C@]2(CN3C(=O)CNC3=O)CN1CC(=O)N2)c1cc(C(F)(F)F)cc(C(F)(F)F)c1. The topological polar surface area (TPSA) is 91.0 Å². The summed E-state index contributed by atoms with van der Waals surface area (Å²) < 4.78 is 86.8. The van der Waals surface area contributed by atoms with E-state index in [4.69, 9.17) is 4.74 Å². The Hall–Kier alpha value is -3.65. The van der Waals surface area contributed by atoms with Crippen molar-refractivity contribution in [1.29, 1.82) is 0 Å². The molecule has 0 aromatic heterocycles. The number of fused-ring (bicyclic) bond motifs is 2. The molecule has 0 saturated carbocycles. The second-order valence-electron chi connectivity index (χ2n) is 11.0. The van der Waals surface area contributed by atoms with Crippen molar-refractivity contribution in [2.75, 3.05) is 32.8 Å². The van der Waals surface area contributed by atoms with Crippen LogP contribution in [0.4, 0.5) is 31.1 Å². The second kappa shape index (κ2) is 10.6. The van der Waals surface area contributed by atoms with Gasteiger partial charge in [-0.25, -0.2) is 4.79 Å². The van der Waals surface area contributed by atoms with Crippen LogP contribution >= 0.6 is 0 Å². The summed E-state index contributed by atoms with van der Waals surface area (Å²) in [5, 5.41) is 5.40. The van der Waals surface area contributed by atoms with Crippen molar-refractivity contribution in [3.63, 3.8) is 0 Å². The van der Waals surface area contributed by atoms with Gasteiger partial charge in [-0.15, -0.1) is 0 Å². The van der Waals surface area contributed by atoms with Crippen molar-refractivity contribution in [3.8, 4) is 0 Å². The van der Waals surface area contributed by atoms with Crippen LogP contribution in [0.3, 0.4) is 0 Å². The van der Waals surface area contributed by atoms with Gasteiger partial charge in [0.15, 0.2) is 0 Å². The maximum Gasteiger partial charge on any atom is 0.416 e. The summed E-state index contributed by atoms with van der Waals surface area (Å²) >= 11 is 0. The standard InChI is InChI=1S/C28H28F6N4O4/c1-17(18-9-20(27(29,30)31)11-21(10-18)28(32,33)34)42-16-26(19-5-3-2-4-6-19)8-7-25(14-37(26)13-22(39)36-25)15-38-23(40)12-35-24(38)41/h2-6,9-11,17H,7-8,12-16H2,1H3,(H,35,41)(H,36,39)/t17-,25-,26-/m1/s1. The number of carbonyl (C=O) groups is 3. The largest absolute Gasteiger partial charge is 0.416 e. The van der Waals surface area contributed by atoms with Crippen LogP contribution < -0.4 is 10.6 Å². The number of piperidine rings is 1. The van der Waals surface area contributed by atoms with Crippen molar-refractivity contribution in [2.45, 2.75) is 49.3 Å². The van der Waals surface area contributed by atoms with E-state index in [9.17, 15) is 40.7 Å². The minimum Gasteiger partial charge on any atom is -0.372 e. The molecule has 0 spiro atoms. The molecule has 2 aromatic carbocycles. The number of halogens is 6. The Morgan fingerprint density at radius 1 is 0.952 bits per heavy atom. The number of alkyl halides is 6. The molecule has 5 rings (SSSR count). The van der Waals surface area contributed by atoms with Gasteiger partial charge in [0.05, 0.1) is 54.5 Å². The van der Waals surface area contributed by atoms with Gasteiger partial charge in [-0.2, -0.15) is 26.3 Å². The smallest absolute Gasteiger partial charge is 0.372 e. The predicted octanol–water partition coefficient (Wildman–Crippen LogP) is 4.21. The lowest BCUT2D eigenvalue weighted by atomic mass is 9.73. The second-order valence-corrected chi connectivity index (χ2v) is 11.0. The van der Waals surface area contributed by atoms with Gasteiger partial charge >= 0.3 is 18.4 Å². The van der Waals surface area contributed by atoms with E-state index in [-0.39, 0.29) is 50.3 Å². The third kappa shape index (κ3) is 5.69. The van der Waals surface area contributed by atoms with Crippen LogP contribution in [0.1, 0.15) is 48.1 Å². The van der Waals surface area contributed by atoms with Crippen LogP contribution in [-0.4, -0.2) is 66.0 Å². The third-order valence-corrected chi connectivity index (χ3v) is 8.22. The first kappa shape index (κ1) is 29.8. The highest BCUT2D eigenvalue weighted by Crippen LogP contribution is 2.44. The number of benzene rings is 2. The highest BCUT2D eigenvalue weighted by Gasteiger charge is 2.54. The zero-order valence-electron chi connectivity index (χ0n) is 22.4. The molecule has 2 aromatic rings. The number of hydrogen-bond acceptors (Lipinski definition) is 5. The maximum atomic E-state index is 13.5. The van der Waals surface area contributed by atoms with Crippen LogP contribution in [0.5, 0.6) is 0 Å². The van der Waals surface area contributed by atoms with E-state index in [0.29, 0.717) is 25.0 Å². The Labute approximate surface area is 237 Å². The molecule has 2 N–H and O–H groups in total. The molecule has 8 nitrogen and oxygen atoms in total. The fourth-order valence-corrected chi connectivity index (χ4v) is 6.00. The predicted molar refractivity (Wildman–Crippen MR) is 136 cm³/mol. The van der Waals surface area contributed by atoms with Gasteiger partial charge < -0.3 is 15.4 Å². The molecule has 2 bridgehead atoms. The molecule has 4 amide bonds. The van der Waals surface area contributed by atoms with Gasteiger partial charge in [0.1, 0.15) is 0 Å². The van der Waals surface area contributed by atoms with Crippen molar-refractivity contribution in [3.05, 3.63) is 70.8 Å². The Morgan fingerprint density at radius 2 is 1.60 bits per heavy atom. The Bertz CT molecular complexity index is 1340. The van der Waals surface area contributed by atoms with Gasteiger partial charge in [0.25, 0.3) is 0 Å². The average molecular weight is 599 g/mol. The number of piperazine rings is 1. The molecule has 42 heavy (non-hydrogen) atoms. The number of carbonyl (C=O) groups excluding carboxylic acids is 3. The molecular weight excluding hydrogens is 570 g/mol. The number of rotatable bonds is 7. The zero-order valence-corrected chi connectivity index (χ0v) is 22.4. The summed E-state index contributed by atoms with van der Waals surface area (Å²) in [5.41, 5.74) is -4.33. The quantitative estimate of drug-likeness (QED) is 0.368. The molecular formula is C28H28F6N4O4. The minimum absolute atomic E-state index is 0.0491. The number of hydrogen-bond donors (Lipinski definition) is 2. The van der Waals surface area contributed by atoms with Gasteiger partial charge in [0, 0.05) is 6.54 Å². The molecule has 14 heteroatoms. The normalized spacial score (nSPS) is 27.1. The highest BCUT2D eigenvalue weighted by atomic mass is 19.4. The number of nitrogens with one attached hydrogen (secondary N) is 2. The number of amides is 4. The molecule has 3 aliphatic rings. The molecule has 3 aliphatic heterocycles. The summed E-state index contributed by atoms with van der Waals surface area (Å²) in [6.45, 7) is 1.19. The van der Waals surface area contributed by atoms with Gasteiger partial charge in [-0.3, -0.25) is 19.4 Å². The van der Waals surface area contributed by atoms with Crippen molar-refractivity contribution >= 4 is 17.8 Å². The first-order valence-electron chi connectivity index (χ1n) is 13.2. The fourth-order valence-electron chi connectivity index (χ4n) is 6.00. The monoisotopic (exact) mass is 598 g/mol. The van der Waals surface area contributed by atoms with Crippen LogP contribution in [-0.2, 0) is 32.2 Å². The van der Waals surface area contributed by atoms with E-state index >= 15 is 0 Å². The van der Waals surface area contributed by atoms with Crippen molar-refractivity contribution in [1.82, 2.24) is 20.4 Å². The van der Waals surface area contributed by atoms with Gasteiger partial charge in [-0.05, 0) is 49.1 Å². The fraction of sp³-hybridized carbons (Fsp3) is 0.464. The summed E-state index contributed by atoms with van der Waals surface area (Å²) in [6, 6.07) is 9.78. The zero-order chi connectivity index (χ0) is 30.5. The van der Waals surface area contributed by atoms with E-state index < -0.39 is 52.6 Å². The summed E-state index contributed by atoms with van der Waals surface area (Å²) in [7, 11) is 0. The van der Waals surface area contributed by atoms with E-state index in [1.807, 2.05) is 17.0 Å². The maximum absolute atomic E-state index is 13.5. The lowest BCUT2D eigenvalue weighted by molar-refractivity contribution is -0.146. The van der Waals surface area contributed by atoms with Crippen molar-refractivity contribution in [2.24, 2.45) is 0 Å². The van der Waals surface area contributed by atoms with E-state index in [1.54, 1.807) is 18.2 Å². The molecule has 3 fully saturated rings. The van der Waals surface area contributed by atoms with Crippen LogP contribution in [0.2, 0.25) is 0 Å². The molecule has 4 atom stereocenters. The minimum atomic E-state index is -5.00. The molecule has 0 radical (unpaired) electrons. The summed E-state index contributed by atoms with van der Waals surface area (Å²) in [4.78, 5) is 40.4. The van der Waals surface area contributed by atoms with Crippen LogP contribution in [0.25, 0.3) is 0 Å². The van der Waals surface area contributed by atoms with E-state index in [0.717, 1.165) is 10.5 Å². The van der Waals surface area contributed by atoms with E-state index in [2.05, 4.69) is 10.6 Å². The highest BCUT2D eigenvalue weighted by molar-refractivity contribution is 6.02. The summed E-state index contributed by atoms with van der Waals surface area (Å²) in [5.74, 6) is -0.772. The lowest BCUT2D eigenvalue weighted by Gasteiger charge is -2.57. The number of urea groups is 1. The Kier molecular flexibility index (Phi) is 7.50. The molecule has 0 aliphatic carbocycles. The lowest BCUT2D eigenvalue weighted by Crippen LogP contribution is -2.74. The van der Waals surface area contributed by atoms with Gasteiger partial charge in [0.2, 0.25) is 11.8 Å². The average Bonchev–Trinajstić information content (AvgIpc) is 3.23. The third-order valence-electron chi connectivity index (χ3n) is 8.22. The number of ether oxygens (including phenoxy) is 1. The summed E-state index contributed by atoms with van der Waals surface area (Å²) in [6.07, 6.45) is -10.5. The van der Waals surface area contributed by atoms with E-state index in [1.165, 1.54) is 6.92 Å². The first-order chi connectivity index (χ1) is 19.6. The van der Waals surface area contributed by atoms with Gasteiger partial charge in [-0.1, -0.05) is 30.3 Å². The molecule has 1 unspecified atom stereocenters. The Morgan fingerprint density at radius 3 is 2.17 bits per heavy atom. The van der Waals surface area contributed by atoms with Crippen LogP contribution in [0, 0.1) is 0 Å². The molecule has 3 heterocycles. The van der Waals surface area contributed by atoms with Crippen molar-refractivity contribution < 1.29 is 45.5 Å².